The summed E-state index contributed by atoms with van der Waals surface area (Å²) in [7, 11) is 0. The monoisotopic (exact) mass is 402 g/mol. The smallest absolute Gasteiger partial charge is 0.345 e. The van der Waals surface area contributed by atoms with E-state index in [0.717, 1.165) is 40.9 Å². The van der Waals surface area contributed by atoms with E-state index in [4.69, 9.17) is 4.42 Å². The first-order valence-electron chi connectivity index (χ1n) is 10.4. The number of nitrogens with one attached hydrogen (secondary N) is 1. The third kappa shape index (κ3) is 3.27. The molecule has 0 aliphatic carbocycles. The van der Waals surface area contributed by atoms with Crippen LogP contribution in [0.5, 0.6) is 0 Å². The minimum atomic E-state index is -0.362. The first-order chi connectivity index (χ1) is 14.4. The summed E-state index contributed by atoms with van der Waals surface area (Å²) < 4.78 is 7.71. The van der Waals surface area contributed by atoms with Crippen molar-refractivity contribution in [2.75, 3.05) is 18.0 Å². The van der Waals surface area contributed by atoms with E-state index in [1.165, 1.54) is 0 Å². The Balaban J connectivity index is 1.56. The average molecular weight is 402 g/mol. The summed E-state index contributed by atoms with van der Waals surface area (Å²) in [6, 6.07) is 10.9. The first kappa shape index (κ1) is 18.9. The molecule has 30 heavy (non-hydrogen) atoms. The van der Waals surface area contributed by atoms with Gasteiger partial charge in [0.15, 0.2) is 0 Å². The number of imidazole rings is 1. The van der Waals surface area contributed by atoms with Gasteiger partial charge < -0.3 is 19.0 Å². The molecule has 0 bridgehead atoms. The van der Waals surface area contributed by atoms with Crippen LogP contribution < -0.4 is 15.8 Å². The van der Waals surface area contributed by atoms with Crippen molar-refractivity contribution in [2.45, 2.75) is 39.8 Å². The van der Waals surface area contributed by atoms with Crippen LogP contribution in [0.25, 0.3) is 27.9 Å². The Morgan fingerprint density at radius 1 is 1.07 bits per heavy atom. The number of rotatable bonds is 2. The fourth-order valence-electron chi connectivity index (χ4n) is 4.59. The molecule has 4 heterocycles. The first-order valence-corrected chi connectivity index (χ1v) is 10.4. The second-order valence-corrected chi connectivity index (χ2v) is 8.60. The summed E-state index contributed by atoms with van der Waals surface area (Å²) in [5, 5.41) is 4.44. The van der Waals surface area contributed by atoms with Crippen molar-refractivity contribution < 1.29 is 4.42 Å². The number of aryl methyl sites for hydroxylation is 2. The van der Waals surface area contributed by atoms with Gasteiger partial charge in [-0.25, -0.2) is 9.78 Å². The minimum Gasteiger partial charge on any atom is -0.422 e. The van der Waals surface area contributed by atoms with E-state index in [-0.39, 0.29) is 5.63 Å². The number of anilines is 1. The van der Waals surface area contributed by atoms with Gasteiger partial charge in [-0.05, 0) is 57.0 Å². The van der Waals surface area contributed by atoms with Crippen LogP contribution >= 0.6 is 0 Å². The molecule has 0 amide bonds. The number of fused-ring (bicyclic) bond motifs is 2. The Morgan fingerprint density at radius 2 is 1.83 bits per heavy atom. The Kier molecular flexibility index (Phi) is 4.40. The molecule has 0 spiro atoms. The molecule has 1 aliphatic rings. The van der Waals surface area contributed by atoms with E-state index < -0.39 is 0 Å². The number of piperazine rings is 1. The molecular formula is C24H26N4O2. The second-order valence-electron chi connectivity index (χ2n) is 8.60. The highest BCUT2D eigenvalue weighted by molar-refractivity contribution is 5.84. The van der Waals surface area contributed by atoms with Gasteiger partial charge in [0.25, 0.3) is 0 Å². The fraction of sp³-hybridized carbons (Fsp3) is 0.333. The lowest BCUT2D eigenvalue weighted by atomic mass is 10.1. The second kappa shape index (κ2) is 6.99. The standard InChI is InChI=1S/C24H26N4O2/c1-14-7-15(2)23-26-21(13-28(23)10-14)20-8-18-5-6-19(9-22(18)30-24(20)29)27-11-16(3)25-17(4)12-27/h5-10,13,16-17,25H,11-12H2,1-4H3/t16-,17+. The van der Waals surface area contributed by atoms with Gasteiger partial charge in [0.05, 0.1) is 11.3 Å². The molecule has 1 aliphatic heterocycles. The van der Waals surface area contributed by atoms with Crippen molar-refractivity contribution in [3.8, 4) is 11.3 Å². The van der Waals surface area contributed by atoms with Crippen LogP contribution in [0.1, 0.15) is 25.0 Å². The zero-order valence-corrected chi connectivity index (χ0v) is 17.8. The molecular weight excluding hydrogens is 376 g/mol. The van der Waals surface area contributed by atoms with Crippen molar-refractivity contribution in [3.05, 3.63) is 64.3 Å². The molecule has 1 saturated heterocycles. The van der Waals surface area contributed by atoms with E-state index in [0.29, 0.717) is 28.9 Å². The van der Waals surface area contributed by atoms with Gasteiger partial charge in [0.2, 0.25) is 0 Å². The minimum absolute atomic E-state index is 0.362. The third-order valence-corrected chi connectivity index (χ3v) is 5.79. The molecule has 0 saturated carbocycles. The summed E-state index contributed by atoms with van der Waals surface area (Å²) in [6.45, 7) is 10.3. The Bertz CT molecular complexity index is 1310. The normalized spacial score (nSPS) is 19.7. The van der Waals surface area contributed by atoms with Crippen LogP contribution in [0, 0.1) is 13.8 Å². The van der Waals surface area contributed by atoms with Crippen LogP contribution in [-0.2, 0) is 0 Å². The molecule has 4 aromatic rings. The van der Waals surface area contributed by atoms with Gasteiger partial charge in [-0.1, -0.05) is 6.07 Å². The van der Waals surface area contributed by atoms with Gasteiger partial charge in [-0.2, -0.15) is 0 Å². The van der Waals surface area contributed by atoms with Gasteiger partial charge >= 0.3 is 5.63 Å². The molecule has 3 aromatic heterocycles. The van der Waals surface area contributed by atoms with Crippen LogP contribution in [0.15, 0.2) is 51.9 Å². The Hall–Kier alpha value is -3.12. The van der Waals surface area contributed by atoms with Gasteiger partial charge in [0.1, 0.15) is 11.2 Å². The van der Waals surface area contributed by atoms with Crippen molar-refractivity contribution in [2.24, 2.45) is 0 Å². The van der Waals surface area contributed by atoms with Crippen molar-refractivity contribution >= 4 is 22.3 Å². The van der Waals surface area contributed by atoms with E-state index in [2.05, 4.69) is 41.2 Å². The predicted molar refractivity (Wildman–Crippen MR) is 120 cm³/mol. The molecule has 0 unspecified atom stereocenters. The zero-order chi connectivity index (χ0) is 21.0. The Morgan fingerprint density at radius 3 is 2.60 bits per heavy atom. The maximum atomic E-state index is 12.8. The molecule has 1 fully saturated rings. The lowest BCUT2D eigenvalue weighted by Crippen LogP contribution is -2.54. The summed E-state index contributed by atoms with van der Waals surface area (Å²) in [5.74, 6) is 0. The van der Waals surface area contributed by atoms with Gasteiger partial charge in [-0.3, -0.25) is 0 Å². The number of aromatic nitrogens is 2. The molecule has 154 valence electrons. The number of benzene rings is 1. The summed E-state index contributed by atoms with van der Waals surface area (Å²) >= 11 is 0. The highest BCUT2D eigenvalue weighted by Gasteiger charge is 2.22. The zero-order valence-electron chi connectivity index (χ0n) is 17.8. The molecule has 2 atom stereocenters. The number of nitrogens with zero attached hydrogens (tertiary/aromatic N) is 3. The van der Waals surface area contributed by atoms with Crippen molar-refractivity contribution in [3.63, 3.8) is 0 Å². The largest absolute Gasteiger partial charge is 0.422 e. The van der Waals surface area contributed by atoms with E-state index in [9.17, 15) is 4.79 Å². The quantitative estimate of drug-likeness (QED) is 0.515. The average Bonchev–Trinajstić information content (AvgIpc) is 3.10. The SMILES string of the molecule is Cc1cc(C)c2nc(-c3cc4ccc(N5C[C@@H](C)N[C@@H](C)C5)cc4oc3=O)cn2c1. The topological polar surface area (TPSA) is 62.8 Å². The van der Waals surface area contributed by atoms with Crippen LogP contribution in [0.2, 0.25) is 0 Å². The highest BCUT2D eigenvalue weighted by Crippen LogP contribution is 2.26. The lowest BCUT2D eigenvalue weighted by molar-refractivity contribution is 0.407. The van der Waals surface area contributed by atoms with Crippen molar-refractivity contribution in [1.82, 2.24) is 14.7 Å². The molecule has 6 nitrogen and oxygen atoms in total. The predicted octanol–water partition coefficient (Wildman–Crippen LogP) is 3.91. The fourth-order valence-corrected chi connectivity index (χ4v) is 4.59. The summed E-state index contributed by atoms with van der Waals surface area (Å²) in [5.41, 5.74) is 5.53. The molecule has 1 N–H and O–H groups in total. The summed E-state index contributed by atoms with van der Waals surface area (Å²) in [6.07, 6.45) is 3.91. The number of pyridine rings is 1. The lowest BCUT2D eigenvalue weighted by Gasteiger charge is -2.37. The highest BCUT2D eigenvalue weighted by atomic mass is 16.4. The number of hydrogen-bond acceptors (Lipinski definition) is 5. The molecule has 0 radical (unpaired) electrons. The maximum Gasteiger partial charge on any atom is 0.345 e. The van der Waals surface area contributed by atoms with Crippen molar-refractivity contribution in [1.29, 1.82) is 0 Å². The summed E-state index contributed by atoms with van der Waals surface area (Å²) in [4.78, 5) is 19.8. The van der Waals surface area contributed by atoms with E-state index in [1.807, 2.05) is 48.8 Å². The van der Waals surface area contributed by atoms with Gasteiger partial charge in [-0.15, -0.1) is 0 Å². The van der Waals surface area contributed by atoms with E-state index >= 15 is 0 Å². The molecule has 1 aromatic carbocycles. The van der Waals surface area contributed by atoms with Crippen LogP contribution in [0.4, 0.5) is 5.69 Å². The molecule has 6 heteroatoms. The Labute approximate surface area is 175 Å². The van der Waals surface area contributed by atoms with Gasteiger partial charge in [0, 0.05) is 54.7 Å². The van der Waals surface area contributed by atoms with Crippen LogP contribution in [-0.4, -0.2) is 34.6 Å². The number of hydrogen-bond donors (Lipinski definition) is 1. The van der Waals surface area contributed by atoms with Crippen LogP contribution in [0.3, 0.4) is 0 Å². The molecule has 5 rings (SSSR count). The third-order valence-electron chi connectivity index (χ3n) is 5.79. The maximum absolute atomic E-state index is 12.8. The van der Waals surface area contributed by atoms with E-state index in [1.54, 1.807) is 0 Å².